The van der Waals surface area contributed by atoms with E-state index in [0.29, 0.717) is 32.4 Å². The maximum atomic E-state index is 12.9. The van der Waals surface area contributed by atoms with Gasteiger partial charge in [-0.25, -0.2) is 0 Å². The molecule has 1 atom stereocenters. The first-order valence-corrected chi connectivity index (χ1v) is 20.1. The normalized spacial score (nSPS) is 19.4. The molecule has 3 amide bonds. The van der Waals surface area contributed by atoms with E-state index in [1.54, 1.807) is 6.08 Å². The Morgan fingerprint density at radius 2 is 1.15 bits per heavy atom. The minimum absolute atomic E-state index is 0.149. The first-order chi connectivity index (χ1) is 25.4. The van der Waals surface area contributed by atoms with Gasteiger partial charge >= 0.3 is 0 Å². The van der Waals surface area contributed by atoms with Gasteiger partial charge in [0.15, 0.2) is 0 Å². The Kier molecular flexibility index (Phi) is 19.5. The van der Waals surface area contributed by atoms with Crippen LogP contribution in [0.5, 0.6) is 0 Å². The third-order valence-electron chi connectivity index (χ3n) is 10.5. The molecular weight excluding hydrogens is 667 g/mol. The molecule has 0 fully saturated rings. The summed E-state index contributed by atoms with van der Waals surface area (Å²) in [6.07, 6.45) is 33.0. The van der Waals surface area contributed by atoms with Crippen LogP contribution in [0.4, 0.5) is 0 Å². The minimum Gasteiger partial charge on any atom is -0.355 e. The highest BCUT2D eigenvalue weighted by Gasteiger charge is 2.27. The molecule has 0 saturated carbocycles. The molecule has 0 aromatic carbocycles. The molecule has 0 heterocycles. The SMILES string of the molecule is CCNC(=O)C(CCCCNC(=O)/C=C(C)/C=C/C=C(C)/C=C/C1=C(C)CCCC1(C)C)NC(=O)/C=C(C)/C=C/C=C(C)/C=C/C1=C(C)CCCC1(C)C. The standard InChI is InChI=1S/C48H71N3O3/c1-12-49-46(54)43(51-45(53)34-38(5)22-16-20-36(3)27-29-42-40(7)24-18-31-48(42,10)11)25-13-14-32-50-44(52)33-37(4)21-15-19-35(2)26-28-41-39(6)23-17-30-47(41,8)9/h15-16,19-22,26-29,33-34,43H,12-14,17-18,23-25,30-32H2,1-11H3,(H,49,54)(H,50,52)(H,51,53)/b21-15+,22-16+,28-26+,29-27+,35-19+,36-20+,37-33+,38-34+. The fourth-order valence-electron chi connectivity index (χ4n) is 7.29. The van der Waals surface area contributed by atoms with Crippen LogP contribution >= 0.6 is 0 Å². The number of hydrogen-bond donors (Lipinski definition) is 3. The van der Waals surface area contributed by atoms with Crippen LogP contribution in [-0.4, -0.2) is 36.9 Å². The van der Waals surface area contributed by atoms with Crippen LogP contribution < -0.4 is 16.0 Å². The fourth-order valence-corrected chi connectivity index (χ4v) is 7.29. The van der Waals surface area contributed by atoms with Crippen molar-refractivity contribution in [3.05, 3.63) is 117 Å². The molecule has 0 radical (unpaired) electrons. The van der Waals surface area contributed by atoms with Crippen molar-refractivity contribution >= 4 is 17.7 Å². The average Bonchev–Trinajstić information content (AvgIpc) is 3.06. The monoisotopic (exact) mass is 738 g/mol. The van der Waals surface area contributed by atoms with E-state index in [0.717, 1.165) is 22.3 Å². The highest BCUT2D eigenvalue weighted by atomic mass is 16.2. The molecule has 6 nitrogen and oxygen atoms in total. The molecule has 54 heavy (non-hydrogen) atoms. The molecule has 2 rings (SSSR count). The second kappa shape index (κ2) is 22.9. The maximum absolute atomic E-state index is 12.9. The van der Waals surface area contributed by atoms with Gasteiger partial charge in [-0.1, -0.05) is 111 Å². The van der Waals surface area contributed by atoms with Gasteiger partial charge in [-0.2, -0.15) is 0 Å². The van der Waals surface area contributed by atoms with Crippen LogP contribution in [0.3, 0.4) is 0 Å². The molecule has 0 bridgehead atoms. The Morgan fingerprint density at radius 1 is 0.667 bits per heavy atom. The van der Waals surface area contributed by atoms with Crippen molar-refractivity contribution in [3.63, 3.8) is 0 Å². The van der Waals surface area contributed by atoms with E-state index < -0.39 is 6.04 Å². The first-order valence-electron chi connectivity index (χ1n) is 20.1. The molecule has 0 saturated heterocycles. The summed E-state index contributed by atoms with van der Waals surface area (Å²) >= 11 is 0. The molecule has 6 heteroatoms. The van der Waals surface area contributed by atoms with Crippen LogP contribution in [0.2, 0.25) is 0 Å². The van der Waals surface area contributed by atoms with Gasteiger partial charge in [-0.05, 0) is 139 Å². The van der Waals surface area contributed by atoms with Crippen molar-refractivity contribution in [2.75, 3.05) is 13.1 Å². The van der Waals surface area contributed by atoms with Crippen LogP contribution in [-0.2, 0) is 14.4 Å². The number of rotatable bonds is 18. The quantitative estimate of drug-likeness (QED) is 0.0743. The summed E-state index contributed by atoms with van der Waals surface area (Å²) in [7, 11) is 0. The van der Waals surface area contributed by atoms with Crippen LogP contribution in [0.25, 0.3) is 0 Å². The van der Waals surface area contributed by atoms with Gasteiger partial charge in [0.25, 0.3) is 0 Å². The Labute approximate surface area is 328 Å². The number of amides is 3. The summed E-state index contributed by atoms with van der Waals surface area (Å²) < 4.78 is 0. The van der Waals surface area contributed by atoms with E-state index in [9.17, 15) is 14.4 Å². The predicted molar refractivity (Wildman–Crippen MR) is 230 cm³/mol. The van der Waals surface area contributed by atoms with E-state index in [-0.39, 0.29) is 28.6 Å². The number of allylic oxidation sites excluding steroid dienone is 18. The fraction of sp³-hybridized carbons (Fsp3) is 0.521. The summed E-state index contributed by atoms with van der Waals surface area (Å²) in [6, 6.07) is -0.649. The average molecular weight is 738 g/mol. The number of likely N-dealkylation sites (N-methyl/N-ethyl adjacent to an activating group) is 1. The lowest BCUT2D eigenvalue weighted by Gasteiger charge is -2.33. The van der Waals surface area contributed by atoms with Gasteiger partial charge in [0, 0.05) is 25.2 Å². The van der Waals surface area contributed by atoms with E-state index in [4.69, 9.17) is 0 Å². The van der Waals surface area contributed by atoms with Crippen LogP contribution in [0.1, 0.15) is 134 Å². The summed E-state index contributed by atoms with van der Waals surface area (Å²) in [5, 5.41) is 8.64. The lowest BCUT2D eigenvalue weighted by Crippen LogP contribution is -2.46. The molecular formula is C48H71N3O3. The van der Waals surface area contributed by atoms with Crippen molar-refractivity contribution in [2.45, 2.75) is 140 Å². The number of hydrogen-bond acceptors (Lipinski definition) is 3. The maximum Gasteiger partial charge on any atom is 0.244 e. The number of nitrogens with one attached hydrogen (secondary N) is 3. The molecule has 296 valence electrons. The zero-order valence-electron chi connectivity index (χ0n) is 35.5. The molecule has 2 aliphatic rings. The summed E-state index contributed by atoms with van der Waals surface area (Å²) in [6.45, 7) is 24.6. The van der Waals surface area contributed by atoms with Gasteiger partial charge in [0.05, 0.1) is 0 Å². The number of unbranched alkanes of at least 4 members (excludes halogenated alkanes) is 1. The highest BCUT2D eigenvalue weighted by molar-refractivity contribution is 5.93. The van der Waals surface area contributed by atoms with Crippen molar-refractivity contribution in [1.82, 2.24) is 16.0 Å². The van der Waals surface area contributed by atoms with Crippen molar-refractivity contribution in [3.8, 4) is 0 Å². The van der Waals surface area contributed by atoms with Gasteiger partial charge in [-0.15, -0.1) is 0 Å². The lowest BCUT2D eigenvalue weighted by atomic mass is 9.72. The van der Waals surface area contributed by atoms with Crippen molar-refractivity contribution in [2.24, 2.45) is 10.8 Å². The summed E-state index contributed by atoms with van der Waals surface area (Å²) in [4.78, 5) is 38.1. The third-order valence-corrected chi connectivity index (χ3v) is 10.5. The molecule has 0 spiro atoms. The zero-order chi connectivity index (χ0) is 40.3. The predicted octanol–water partition coefficient (Wildman–Crippen LogP) is 11.0. The highest BCUT2D eigenvalue weighted by Crippen LogP contribution is 2.41. The molecule has 0 aromatic rings. The minimum atomic E-state index is -0.649. The molecule has 2 aliphatic carbocycles. The van der Waals surface area contributed by atoms with Gasteiger partial charge in [0.1, 0.15) is 6.04 Å². The molecule has 0 aromatic heterocycles. The Hall–Kier alpha value is -4.19. The van der Waals surface area contributed by atoms with E-state index >= 15 is 0 Å². The second-order valence-electron chi connectivity index (χ2n) is 16.6. The van der Waals surface area contributed by atoms with E-state index in [1.165, 1.54) is 66.9 Å². The smallest absolute Gasteiger partial charge is 0.244 e. The topological polar surface area (TPSA) is 87.3 Å². The van der Waals surface area contributed by atoms with Crippen LogP contribution in [0.15, 0.2) is 117 Å². The first kappa shape index (κ1) is 46.0. The molecule has 1 unspecified atom stereocenters. The van der Waals surface area contributed by atoms with Gasteiger partial charge in [-0.3, -0.25) is 14.4 Å². The summed E-state index contributed by atoms with van der Waals surface area (Å²) in [5.41, 5.74) is 10.2. The summed E-state index contributed by atoms with van der Waals surface area (Å²) in [5.74, 6) is -0.660. The number of carbonyl (C=O) groups is 3. The number of carbonyl (C=O) groups excluding carboxylic acids is 3. The van der Waals surface area contributed by atoms with E-state index in [2.05, 4.69) is 102 Å². The second-order valence-corrected chi connectivity index (χ2v) is 16.6. The molecule has 3 N–H and O–H groups in total. The zero-order valence-corrected chi connectivity index (χ0v) is 35.5. The Bertz CT molecular complexity index is 1630. The van der Waals surface area contributed by atoms with Gasteiger partial charge in [0.2, 0.25) is 17.7 Å². The Morgan fingerprint density at radius 3 is 1.61 bits per heavy atom. The van der Waals surface area contributed by atoms with Gasteiger partial charge < -0.3 is 16.0 Å². The molecule has 0 aliphatic heterocycles. The lowest BCUT2D eigenvalue weighted by molar-refractivity contribution is -0.127. The van der Waals surface area contributed by atoms with Crippen LogP contribution in [0, 0.1) is 10.8 Å². The largest absolute Gasteiger partial charge is 0.355 e. The third kappa shape index (κ3) is 16.9. The Balaban J connectivity index is 1.84. The van der Waals surface area contributed by atoms with Crippen molar-refractivity contribution in [1.29, 1.82) is 0 Å². The van der Waals surface area contributed by atoms with Crippen molar-refractivity contribution < 1.29 is 14.4 Å². The van der Waals surface area contributed by atoms with E-state index in [1.807, 2.05) is 51.2 Å².